The molecular formula is C17H18N7NaO6S3. The first kappa shape index (κ1) is 26.8. The van der Waals surface area contributed by atoms with Crippen molar-refractivity contribution in [1.29, 1.82) is 5.41 Å². The number of fused-ring (bicyclic) bond motifs is 1. The summed E-state index contributed by atoms with van der Waals surface area (Å²) >= 11 is 3.50. The summed E-state index contributed by atoms with van der Waals surface area (Å²) in [5.41, 5.74) is 0.483. The van der Waals surface area contributed by atoms with E-state index in [2.05, 4.69) is 15.5 Å². The number of hydrogen-bond acceptors (Lipinski definition) is 12. The number of carboxylic acids is 1. The molecule has 176 valence electrons. The Morgan fingerprint density at radius 1 is 1.41 bits per heavy atom. The maximum atomic E-state index is 12.7. The van der Waals surface area contributed by atoms with Crippen LogP contribution in [-0.4, -0.2) is 75.4 Å². The Balaban J connectivity index is 0.00000324. The normalized spacial score (nSPS) is 19.4. The van der Waals surface area contributed by atoms with Crippen molar-refractivity contribution >= 4 is 52.6 Å². The summed E-state index contributed by atoms with van der Waals surface area (Å²) in [5, 5.41) is 50.0. The number of β-lactam (4-membered cyclic amide) rings is 1. The van der Waals surface area contributed by atoms with Gasteiger partial charge in [0.25, 0.3) is 5.91 Å². The zero-order chi connectivity index (χ0) is 23.9. The molecule has 1 fully saturated rings. The van der Waals surface area contributed by atoms with Gasteiger partial charge in [0.1, 0.15) is 18.0 Å². The van der Waals surface area contributed by atoms with Gasteiger partial charge in [-0.3, -0.25) is 19.9 Å². The molecule has 2 aromatic heterocycles. The molecule has 34 heavy (non-hydrogen) atoms. The average Bonchev–Trinajstić information content (AvgIpc) is 3.31. The number of carbonyl (C=O) groups excluding carboxylic acids is 3. The third-order valence-electron chi connectivity index (χ3n) is 5.11. The first-order valence-corrected chi connectivity index (χ1v) is 12.4. The van der Waals surface area contributed by atoms with Crippen LogP contribution in [0.1, 0.15) is 11.5 Å². The maximum absolute atomic E-state index is 12.7. The number of rotatable bonds is 8. The fourth-order valence-corrected chi connectivity index (χ4v) is 6.47. The Kier molecular flexibility index (Phi) is 8.54. The van der Waals surface area contributed by atoms with Crippen LogP contribution in [-0.2, 0) is 34.5 Å². The average molecular weight is 536 g/mol. The van der Waals surface area contributed by atoms with Crippen LogP contribution in [0.3, 0.4) is 0 Å². The van der Waals surface area contributed by atoms with Gasteiger partial charge >= 0.3 is 29.6 Å². The first-order chi connectivity index (χ1) is 15.7. The molecule has 13 nitrogen and oxygen atoms in total. The molecule has 2 amide bonds. The van der Waals surface area contributed by atoms with Gasteiger partial charge in [-0.2, -0.15) is 4.73 Å². The Hall–Kier alpha value is -1.82. The van der Waals surface area contributed by atoms with E-state index in [-0.39, 0.29) is 64.5 Å². The van der Waals surface area contributed by atoms with Crippen LogP contribution in [0, 0.1) is 5.41 Å². The summed E-state index contributed by atoms with van der Waals surface area (Å²) in [6.45, 7) is -0.279. The number of hydrogen-bond donors (Lipinski definition) is 4. The van der Waals surface area contributed by atoms with E-state index in [1.54, 1.807) is 11.6 Å². The quantitative estimate of drug-likeness (QED) is 0.110. The number of thioether (sulfide) groups is 2. The number of nitrogens with zero attached hydrogens (tertiary/aromatic N) is 5. The van der Waals surface area contributed by atoms with E-state index in [9.17, 15) is 29.8 Å². The fourth-order valence-electron chi connectivity index (χ4n) is 3.40. The number of carboxylic acid groups (broad SMARTS) is 1. The van der Waals surface area contributed by atoms with Crippen molar-refractivity contribution < 1.29 is 59.4 Å². The summed E-state index contributed by atoms with van der Waals surface area (Å²) in [6.07, 6.45) is -0.231. The van der Waals surface area contributed by atoms with Gasteiger partial charge in [-0.15, -0.1) is 33.3 Å². The first-order valence-electron chi connectivity index (χ1n) is 9.45. The van der Waals surface area contributed by atoms with Crippen LogP contribution < -0.4 is 44.8 Å². The SMILES string of the molecule is Cn1c(CO)nnc1SCC1=C(C(=O)[O-])N2C(=O)C(NC(=O)Cc3csc(=N)n3O)[C@H]2SC1.[Na+]. The second kappa shape index (κ2) is 10.8. The molecule has 2 aliphatic heterocycles. The minimum atomic E-state index is -1.48. The molecule has 2 atom stereocenters. The molecule has 2 aromatic rings. The molecule has 17 heteroatoms. The third-order valence-corrected chi connectivity index (χ3v) is 8.34. The van der Waals surface area contributed by atoms with Crippen LogP contribution in [0.4, 0.5) is 0 Å². The molecule has 0 bridgehead atoms. The van der Waals surface area contributed by atoms with Crippen LogP contribution in [0.5, 0.6) is 0 Å². The molecule has 0 radical (unpaired) electrons. The smallest absolute Gasteiger partial charge is 0.543 e. The number of thiazole rings is 1. The molecule has 4 rings (SSSR count). The molecule has 0 aromatic carbocycles. The number of aliphatic hydroxyl groups excluding tert-OH is 1. The Labute approximate surface area is 227 Å². The standard InChI is InChI=1S/C17H19N7O6S3.Na/c1-22-9(3-25)20-21-17(22)33-5-7-4-31-14-11(13(27)23(14)12(7)15(28)29)19-10(26)2-8-6-32-16(18)24(8)30;/h6,11,14,18,25,30H,2-5H2,1H3,(H,19,26)(H,28,29);/q;+1/p-1/t11?,14-;/m1./s1. The summed E-state index contributed by atoms with van der Waals surface area (Å²) in [4.78, 5) is 37.9. The Morgan fingerprint density at radius 3 is 2.74 bits per heavy atom. The van der Waals surface area contributed by atoms with Crippen molar-refractivity contribution in [3.05, 3.63) is 33.0 Å². The molecule has 2 aliphatic rings. The van der Waals surface area contributed by atoms with Crippen LogP contribution in [0.25, 0.3) is 0 Å². The van der Waals surface area contributed by atoms with Gasteiger partial charge in [0.05, 0.1) is 23.8 Å². The molecular weight excluding hydrogens is 517 g/mol. The summed E-state index contributed by atoms with van der Waals surface area (Å²) < 4.78 is 2.19. The second-order valence-electron chi connectivity index (χ2n) is 7.12. The predicted octanol–water partition coefficient (Wildman–Crippen LogP) is -5.37. The van der Waals surface area contributed by atoms with Crippen LogP contribution in [0.2, 0.25) is 0 Å². The zero-order valence-corrected chi connectivity index (χ0v) is 22.5. The number of aliphatic carboxylic acids is 1. The summed E-state index contributed by atoms with van der Waals surface area (Å²) in [5.74, 6) is -1.67. The number of aliphatic hydroxyl groups is 1. The predicted molar refractivity (Wildman–Crippen MR) is 114 cm³/mol. The van der Waals surface area contributed by atoms with Crippen LogP contribution in [0.15, 0.2) is 21.8 Å². The monoisotopic (exact) mass is 535 g/mol. The van der Waals surface area contributed by atoms with E-state index in [0.29, 0.717) is 27.0 Å². The van der Waals surface area contributed by atoms with Crippen molar-refractivity contribution in [1.82, 2.24) is 29.7 Å². The molecule has 1 saturated heterocycles. The molecule has 4 heterocycles. The van der Waals surface area contributed by atoms with E-state index < -0.39 is 29.2 Å². The van der Waals surface area contributed by atoms with Gasteiger partial charge in [0.15, 0.2) is 11.0 Å². The second-order valence-corrected chi connectivity index (χ2v) is 10.0. The molecule has 1 unspecified atom stereocenters. The largest absolute Gasteiger partial charge is 1.00 e. The number of nitrogens with one attached hydrogen (secondary N) is 2. The van der Waals surface area contributed by atoms with Crippen molar-refractivity contribution in [3.8, 4) is 0 Å². The summed E-state index contributed by atoms with van der Waals surface area (Å²) in [6, 6.07) is -0.904. The maximum Gasteiger partial charge on any atom is 1.00 e. The molecule has 0 spiro atoms. The molecule has 4 N–H and O–H groups in total. The minimum absolute atomic E-state index is 0. The number of carbonyl (C=O) groups is 3. The van der Waals surface area contributed by atoms with E-state index >= 15 is 0 Å². The Bertz CT molecular complexity index is 1220. The van der Waals surface area contributed by atoms with Gasteiger partial charge in [-0.25, -0.2) is 0 Å². The van der Waals surface area contributed by atoms with Gasteiger partial charge < -0.3 is 30.1 Å². The van der Waals surface area contributed by atoms with Crippen LogP contribution >= 0.6 is 34.9 Å². The van der Waals surface area contributed by atoms with E-state index in [4.69, 9.17) is 5.41 Å². The number of aromatic nitrogens is 4. The van der Waals surface area contributed by atoms with Gasteiger partial charge in [0.2, 0.25) is 10.7 Å². The third kappa shape index (κ3) is 4.93. The van der Waals surface area contributed by atoms with Crippen molar-refractivity contribution in [2.75, 3.05) is 11.5 Å². The van der Waals surface area contributed by atoms with Gasteiger partial charge in [-0.1, -0.05) is 11.8 Å². The van der Waals surface area contributed by atoms with E-state index in [0.717, 1.165) is 16.2 Å². The van der Waals surface area contributed by atoms with E-state index in [1.165, 1.54) is 28.9 Å². The number of amides is 2. The minimum Gasteiger partial charge on any atom is -0.543 e. The van der Waals surface area contributed by atoms with E-state index in [1.807, 2.05) is 0 Å². The van der Waals surface area contributed by atoms with Gasteiger partial charge in [-0.05, 0) is 5.57 Å². The topological polar surface area (TPSA) is 189 Å². The summed E-state index contributed by atoms with van der Waals surface area (Å²) in [7, 11) is 1.68. The van der Waals surface area contributed by atoms with Crippen molar-refractivity contribution in [2.45, 2.75) is 29.6 Å². The molecule has 0 saturated carbocycles. The fraction of sp³-hybridized carbons (Fsp3) is 0.412. The van der Waals surface area contributed by atoms with Crippen molar-refractivity contribution in [3.63, 3.8) is 0 Å². The zero-order valence-electron chi connectivity index (χ0n) is 18.0. The van der Waals surface area contributed by atoms with Gasteiger partial charge in [0, 0.05) is 23.9 Å². The Morgan fingerprint density at radius 2 is 2.15 bits per heavy atom. The molecule has 0 aliphatic carbocycles. The van der Waals surface area contributed by atoms with Crippen molar-refractivity contribution in [2.24, 2.45) is 7.05 Å².